The highest BCUT2D eigenvalue weighted by atomic mass is 16.5. The van der Waals surface area contributed by atoms with E-state index in [0.29, 0.717) is 28.9 Å². The van der Waals surface area contributed by atoms with Gasteiger partial charge in [-0.3, -0.25) is 14.3 Å². The fourth-order valence-corrected chi connectivity index (χ4v) is 4.45. The molecule has 1 fully saturated rings. The third kappa shape index (κ3) is 2.62. The first-order valence-corrected chi connectivity index (χ1v) is 9.91. The third-order valence-electron chi connectivity index (χ3n) is 6.11. The maximum atomic E-state index is 12.7. The number of aryl methyl sites for hydroxylation is 2. The van der Waals surface area contributed by atoms with Crippen molar-refractivity contribution in [1.29, 1.82) is 0 Å². The minimum absolute atomic E-state index is 0.179. The van der Waals surface area contributed by atoms with Crippen molar-refractivity contribution in [3.63, 3.8) is 0 Å². The van der Waals surface area contributed by atoms with Crippen molar-refractivity contribution < 1.29 is 4.52 Å². The normalized spacial score (nSPS) is 22.3. The lowest BCUT2D eigenvalue weighted by atomic mass is 10.0. The molecular formula is C21H19N7O2. The molecule has 9 heteroatoms. The van der Waals surface area contributed by atoms with E-state index < -0.39 is 0 Å². The number of allylic oxidation sites excluding steroid dienone is 2. The molecule has 9 nitrogen and oxygen atoms in total. The summed E-state index contributed by atoms with van der Waals surface area (Å²) in [6.45, 7) is 2.23. The lowest BCUT2D eigenvalue weighted by molar-refractivity contribution is 0.364. The Morgan fingerprint density at radius 3 is 2.83 bits per heavy atom. The van der Waals surface area contributed by atoms with Gasteiger partial charge < -0.3 is 9.09 Å². The largest absolute Gasteiger partial charge is 0.337 e. The van der Waals surface area contributed by atoms with Crippen LogP contribution in [0.15, 0.2) is 46.4 Å². The number of imidazole rings is 1. The number of rotatable bonds is 4. The van der Waals surface area contributed by atoms with E-state index >= 15 is 0 Å². The molecule has 0 spiro atoms. The molecule has 150 valence electrons. The number of nitrogens with zero attached hydrogens (tertiary/aromatic N) is 7. The molecule has 1 saturated carbocycles. The number of fused-ring (bicyclic) bond motifs is 2. The smallest absolute Gasteiger partial charge is 0.280 e. The highest BCUT2D eigenvalue weighted by Gasteiger charge is 2.55. The molecule has 3 atom stereocenters. The summed E-state index contributed by atoms with van der Waals surface area (Å²) in [5.41, 5.74) is 4.22. The fourth-order valence-electron chi connectivity index (χ4n) is 4.45. The Labute approximate surface area is 171 Å². The van der Waals surface area contributed by atoms with Gasteiger partial charge >= 0.3 is 0 Å². The summed E-state index contributed by atoms with van der Waals surface area (Å²) in [4.78, 5) is 30.1. The van der Waals surface area contributed by atoms with Crippen LogP contribution in [0.1, 0.15) is 35.3 Å². The van der Waals surface area contributed by atoms with E-state index in [9.17, 15) is 4.79 Å². The van der Waals surface area contributed by atoms with Gasteiger partial charge in [0.15, 0.2) is 17.0 Å². The number of hydrogen-bond donors (Lipinski definition) is 0. The molecule has 0 aliphatic heterocycles. The molecular weight excluding hydrogens is 382 g/mol. The second kappa shape index (κ2) is 6.19. The lowest BCUT2D eigenvalue weighted by Gasteiger charge is -2.04. The predicted molar refractivity (Wildman–Crippen MR) is 107 cm³/mol. The van der Waals surface area contributed by atoms with Gasteiger partial charge in [0, 0.05) is 19.2 Å². The van der Waals surface area contributed by atoms with Crippen molar-refractivity contribution in [2.45, 2.75) is 25.8 Å². The van der Waals surface area contributed by atoms with Crippen LogP contribution in [0.3, 0.4) is 0 Å². The fraction of sp³-hybridized carbons (Fsp3) is 0.333. The van der Waals surface area contributed by atoms with Crippen molar-refractivity contribution in [2.24, 2.45) is 18.9 Å². The summed E-state index contributed by atoms with van der Waals surface area (Å²) in [6, 6.07) is 4.17. The van der Waals surface area contributed by atoms with Crippen LogP contribution in [0.5, 0.6) is 0 Å². The summed E-state index contributed by atoms with van der Waals surface area (Å²) in [6.07, 6.45) is 8.23. The molecule has 2 aliphatic rings. The Bertz CT molecular complexity index is 1360. The summed E-state index contributed by atoms with van der Waals surface area (Å²) in [5, 5.41) is 4.18. The molecule has 4 heterocycles. The Hall–Kier alpha value is -3.62. The Kier molecular flexibility index (Phi) is 3.56. The second-order valence-electron chi connectivity index (χ2n) is 8.14. The number of hydrogen-bond acceptors (Lipinski definition) is 7. The second-order valence-corrected chi connectivity index (χ2v) is 8.14. The standard InChI is InChI=1S/C21H19N7O2/c1-11-3-4-15(22-7-11)12-5-13-14(6-12)17(13)19-25-16(30-26-19)8-28-10-24-20-18(21(28)29)27(2)9-23-20/h3-5,7,9-10,13-14,17H,6,8H2,1-2H3/t13-,14+,17+/m0/s1. The zero-order valence-electron chi connectivity index (χ0n) is 16.6. The molecule has 30 heavy (non-hydrogen) atoms. The average molecular weight is 401 g/mol. The first-order valence-electron chi connectivity index (χ1n) is 9.91. The summed E-state index contributed by atoms with van der Waals surface area (Å²) < 4.78 is 8.57. The topological polar surface area (TPSA) is 105 Å². The van der Waals surface area contributed by atoms with Gasteiger partial charge in [0.1, 0.15) is 12.9 Å². The molecule has 2 aliphatic carbocycles. The third-order valence-corrected chi connectivity index (χ3v) is 6.11. The molecule has 4 aromatic rings. The Balaban J connectivity index is 1.20. The van der Waals surface area contributed by atoms with E-state index in [0.717, 1.165) is 23.5 Å². The van der Waals surface area contributed by atoms with E-state index in [4.69, 9.17) is 4.52 Å². The zero-order chi connectivity index (χ0) is 20.4. The van der Waals surface area contributed by atoms with Gasteiger partial charge in [0.2, 0.25) is 5.89 Å². The van der Waals surface area contributed by atoms with Crippen LogP contribution in [0.4, 0.5) is 0 Å². The molecule has 0 amide bonds. The van der Waals surface area contributed by atoms with E-state index in [1.165, 1.54) is 16.5 Å². The van der Waals surface area contributed by atoms with Gasteiger partial charge in [-0.1, -0.05) is 17.3 Å². The SMILES string of the molecule is Cc1ccc(C2=C[C@H]3[C@@H](C2)[C@@H]3c2noc(Cn3cnc4ncn(C)c4c3=O)n2)nc1. The number of aromatic nitrogens is 7. The molecule has 4 aromatic heterocycles. The van der Waals surface area contributed by atoms with Crippen LogP contribution in [-0.4, -0.2) is 34.2 Å². The van der Waals surface area contributed by atoms with E-state index in [2.05, 4.69) is 43.3 Å². The highest BCUT2D eigenvalue weighted by Crippen LogP contribution is 2.62. The zero-order valence-corrected chi connectivity index (χ0v) is 16.6. The Morgan fingerprint density at radius 2 is 2.07 bits per heavy atom. The maximum Gasteiger partial charge on any atom is 0.280 e. The monoisotopic (exact) mass is 401 g/mol. The molecule has 0 bridgehead atoms. The lowest BCUT2D eigenvalue weighted by Crippen LogP contribution is -2.22. The molecule has 0 saturated heterocycles. The van der Waals surface area contributed by atoms with E-state index in [-0.39, 0.29) is 18.0 Å². The van der Waals surface area contributed by atoms with Gasteiger partial charge in [-0.2, -0.15) is 4.98 Å². The molecule has 0 unspecified atom stereocenters. The van der Waals surface area contributed by atoms with Crippen molar-refractivity contribution >= 4 is 16.7 Å². The number of pyridine rings is 1. The highest BCUT2D eigenvalue weighted by molar-refractivity contribution is 5.69. The van der Waals surface area contributed by atoms with Gasteiger partial charge in [-0.15, -0.1) is 0 Å². The van der Waals surface area contributed by atoms with Crippen LogP contribution in [-0.2, 0) is 13.6 Å². The van der Waals surface area contributed by atoms with Crippen LogP contribution in [0, 0.1) is 18.8 Å². The summed E-state index contributed by atoms with van der Waals surface area (Å²) in [7, 11) is 1.77. The van der Waals surface area contributed by atoms with Gasteiger partial charge in [-0.05, 0) is 42.4 Å². The summed E-state index contributed by atoms with van der Waals surface area (Å²) in [5.74, 6) is 2.35. The van der Waals surface area contributed by atoms with Gasteiger partial charge in [0.05, 0.1) is 12.0 Å². The molecule has 0 N–H and O–H groups in total. The van der Waals surface area contributed by atoms with Crippen molar-refractivity contribution in [3.8, 4) is 0 Å². The van der Waals surface area contributed by atoms with Crippen molar-refractivity contribution in [3.05, 3.63) is 70.4 Å². The van der Waals surface area contributed by atoms with E-state index in [1.54, 1.807) is 17.9 Å². The first-order chi connectivity index (χ1) is 14.6. The molecule has 0 radical (unpaired) electrons. The minimum Gasteiger partial charge on any atom is -0.337 e. The van der Waals surface area contributed by atoms with Crippen LogP contribution < -0.4 is 5.56 Å². The van der Waals surface area contributed by atoms with Crippen LogP contribution in [0.2, 0.25) is 0 Å². The maximum absolute atomic E-state index is 12.7. The summed E-state index contributed by atoms with van der Waals surface area (Å²) >= 11 is 0. The first kappa shape index (κ1) is 17.3. The van der Waals surface area contributed by atoms with Crippen LogP contribution >= 0.6 is 0 Å². The molecule has 6 rings (SSSR count). The quantitative estimate of drug-likeness (QED) is 0.515. The average Bonchev–Trinajstić information content (AvgIpc) is 3.16. The molecule has 0 aromatic carbocycles. The van der Waals surface area contributed by atoms with Crippen LogP contribution in [0.25, 0.3) is 16.7 Å². The van der Waals surface area contributed by atoms with E-state index in [1.807, 2.05) is 13.1 Å². The minimum atomic E-state index is -0.179. The van der Waals surface area contributed by atoms with Crippen molar-refractivity contribution in [2.75, 3.05) is 0 Å². The van der Waals surface area contributed by atoms with Gasteiger partial charge in [0.25, 0.3) is 5.56 Å². The van der Waals surface area contributed by atoms with Crippen molar-refractivity contribution in [1.82, 2.24) is 34.2 Å². The predicted octanol–water partition coefficient (Wildman–Crippen LogP) is 2.08. The Morgan fingerprint density at radius 1 is 1.20 bits per heavy atom. The van der Waals surface area contributed by atoms with Gasteiger partial charge in [-0.25, -0.2) is 9.97 Å².